The maximum atomic E-state index is 12.5. The summed E-state index contributed by atoms with van der Waals surface area (Å²) in [4.78, 5) is 25.5. The number of carboxylic acids is 1. The molecule has 0 saturated carbocycles. The van der Waals surface area contributed by atoms with Gasteiger partial charge in [-0.15, -0.1) is 0 Å². The molecule has 0 aliphatic rings. The number of nitrogens with zero attached hydrogens (tertiary/aromatic N) is 1. The largest absolute Gasteiger partial charge is 0.492 e. The number of ether oxygens (including phenoxy) is 3. The molecule has 0 radical (unpaired) electrons. The molecule has 7 nitrogen and oxygen atoms in total. The number of carboxylic acid groups (broad SMARTS) is 1. The molecule has 0 fully saturated rings. The van der Waals surface area contributed by atoms with Crippen molar-refractivity contribution in [2.24, 2.45) is 5.92 Å². The van der Waals surface area contributed by atoms with Crippen LogP contribution in [0.5, 0.6) is 5.75 Å². The lowest BCUT2D eigenvalue weighted by atomic mass is 10.1. The quantitative estimate of drug-likeness (QED) is 0.286. The molecule has 1 N–H and O–H groups in total. The molecular weight excluding hydrogens is 422 g/mol. The van der Waals surface area contributed by atoms with E-state index in [0.717, 1.165) is 18.4 Å². The van der Waals surface area contributed by atoms with Crippen LogP contribution in [-0.4, -0.2) is 61.1 Å². The fourth-order valence-corrected chi connectivity index (χ4v) is 3.33. The molecule has 1 rings (SSSR count). The Morgan fingerprint density at radius 1 is 0.970 bits per heavy atom. The molecule has 0 heterocycles. The Kier molecular flexibility index (Phi) is 15.0. The topological polar surface area (TPSA) is 85.3 Å². The zero-order chi connectivity index (χ0) is 24.5. The van der Waals surface area contributed by atoms with E-state index in [-0.39, 0.29) is 6.09 Å². The van der Waals surface area contributed by atoms with Gasteiger partial charge in [0.2, 0.25) is 0 Å². The van der Waals surface area contributed by atoms with Gasteiger partial charge in [-0.3, -0.25) is 0 Å². The highest BCUT2D eigenvalue weighted by atomic mass is 16.6. The minimum atomic E-state index is -0.966. The third-order valence-electron chi connectivity index (χ3n) is 5.20. The number of hydrogen-bond donors (Lipinski definition) is 1. The Hall–Kier alpha value is -2.28. The van der Waals surface area contributed by atoms with E-state index in [1.165, 1.54) is 25.7 Å². The number of rotatable bonds is 18. The average Bonchev–Trinajstić information content (AvgIpc) is 2.79. The van der Waals surface area contributed by atoms with E-state index in [9.17, 15) is 14.7 Å². The van der Waals surface area contributed by atoms with Gasteiger partial charge in [-0.1, -0.05) is 65.0 Å². The lowest BCUT2D eigenvalue weighted by molar-refractivity contribution is -0.149. The Bertz CT molecular complexity index is 661. The molecule has 0 bridgehead atoms. The van der Waals surface area contributed by atoms with Gasteiger partial charge >= 0.3 is 12.1 Å². The van der Waals surface area contributed by atoms with Crippen molar-refractivity contribution in [3.05, 3.63) is 29.8 Å². The highest BCUT2D eigenvalue weighted by Crippen LogP contribution is 2.15. The molecule has 1 aromatic rings. The molecule has 0 aliphatic heterocycles. The highest BCUT2D eigenvalue weighted by Gasteiger charge is 2.18. The summed E-state index contributed by atoms with van der Waals surface area (Å²) in [5.41, 5.74) is 0.866. The van der Waals surface area contributed by atoms with Crippen molar-refractivity contribution >= 4 is 12.1 Å². The lowest BCUT2D eigenvalue weighted by Crippen LogP contribution is -2.36. The van der Waals surface area contributed by atoms with E-state index >= 15 is 0 Å². The van der Waals surface area contributed by atoms with Crippen LogP contribution >= 0.6 is 0 Å². The number of carbonyl (C=O) groups excluding carboxylic acids is 1. The van der Waals surface area contributed by atoms with E-state index in [4.69, 9.17) is 14.2 Å². The van der Waals surface area contributed by atoms with Crippen molar-refractivity contribution < 1.29 is 28.9 Å². The molecule has 0 spiro atoms. The van der Waals surface area contributed by atoms with Gasteiger partial charge in [0.05, 0.1) is 13.2 Å². The highest BCUT2D eigenvalue weighted by molar-refractivity contribution is 5.72. The molecule has 33 heavy (non-hydrogen) atoms. The lowest BCUT2D eigenvalue weighted by Gasteiger charge is -2.23. The Labute approximate surface area is 199 Å². The molecular formula is C26H43NO6. The first-order valence-electron chi connectivity index (χ1n) is 12.3. The van der Waals surface area contributed by atoms with E-state index in [0.29, 0.717) is 51.0 Å². The molecule has 0 aliphatic carbocycles. The summed E-state index contributed by atoms with van der Waals surface area (Å²) < 4.78 is 16.5. The first kappa shape index (κ1) is 28.8. The molecule has 188 valence electrons. The van der Waals surface area contributed by atoms with Crippen molar-refractivity contribution in [2.45, 2.75) is 78.7 Å². The van der Waals surface area contributed by atoms with Crippen LogP contribution in [0.15, 0.2) is 24.3 Å². The maximum absolute atomic E-state index is 12.5. The number of benzene rings is 1. The molecule has 0 aromatic heterocycles. The van der Waals surface area contributed by atoms with Gasteiger partial charge in [-0.05, 0) is 37.0 Å². The van der Waals surface area contributed by atoms with Crippen LogP contribution in [0.4, 0.5) is 4.79 Å². The predicted octanol–water partition coefficient (Wildman–Crippen LogP) is 5.55. The van der Waals surface area contributed by atoms with Crippen molar-refractivity contribution in [2.75, 3.05) is 32.9 Å². The average molecular weight is 466 g/mol. The van der Waals surface area contributed by atoms with Gasteiger partial charge in [0.25, 0.3) is 0 Å². The monoisotopic (exact) mass is 465 g/mol. The smallest absolute Gasteiger partial charge is 0.409 e. The minimum absolute atomic E-state index is 0.285. The second-order valence-electron chi connectivity index (χ2n) is 8.70. The molecule has 7 heteroatoms. The predicted molar refractivity (Wildman–Crippen MR) is 130 cm³/mol. The number of amides is 1. The fourth-order valence-electron chi connectivity index (χ4n) is 3.33. The number of aliphatic carboxylic acids is 1. The number of unbranched alkanes of at least 4 members (excludes halogenated alkanes) is 5. The van der Waals surface area contributed by atoms with Crippen LogP contribution in [0.25, 0.3) is 0 Å². The van der Waals surface area contributed by atoms with Gasteiger partial charge in [-0.2, -0.15) is 0 Å². The van der Waals surface area contributed by atoms with Crippen molar-refractivity contribution in [1.82, 2.24) is 4.90 Å². The molecule has 1 unspecified atom stereocenters. The molecule has 1 amide bonds. The van der Waals surface area contributed by atoms with Gasteiger partial charge in [0.1, 0.15) is 12.4 Å². The summed E-state index contributed by atoms with van der Waals surface area (Å²) in [6, 6.07) is 7.31. The summed E-state index contributed by atoms with van der Waals surface area (Å²) >= 11 is 0. The van der Waals surface area contributed by atoms with Crippen LogP contribution in [0, 0.1) is 5.92 Å². The van der Waals surface area contributed by atoms with Crippen LogP contribution in [0.2, 0.25) is 0 Å². The van der Waals surface area contributed by atoms with Crippen molar-refractivity contribution in [1.29, 1.82) is 0 Å². The van der Waals surface area contributed by atoms with Gasteiger partial charge in [0.15, 0.2) is 6.10 Å². The zero-order valence-corrected chi connectivity index (χ0v) is 20.9. The summed E-state index contributed by atoms with van der Waals surface area (Å²) in [6.07, 6.45) is 6.14. The first-order chi connectivity index (χ1) is 15.9. The Morgan fingerprint density at radius 2 is 1.64 bits per heavy atom. The van der Waals surface area contributed by atoms with Crippen LogP contribution in [0.3, 0.4) is 0 Å². The summed E-state index contributed by atoms with van der Waals surface area (Å²) in [6.45, 7) is 10.3. The second kappa shape index (κ2) is 17.2. The number of hydrogen-bond acceptors (Lipinski definition) is 5. The molecule has 1 aromatic carbocycles. The number of carbonyl (C=O) groups is 2. The van der Waals surface area contributed by atoms with E-state index < -0.39 is 12.1 Å². The van der Waals surface area contributed by atoms with Crippen LogP contribution in [0.1, 0.15) is 71.8 Å². The summed E-state index contributed by atoms with van der Waals surface area (Å²) in [7, 11) is 0. The molecule has 0 saturated heterocycles. The SMILES string of the molecule is CCCCCCCCN(CCOc1ccc(CC(OCC)C(=O)O)cc1)C(=O)OCC(C)C. The minimum Gasteiger partial charge on any atom is -0.492 e. The van der Waals surface area contributed by atoms with Gasteiger partial charge in [-0.25, -0.2) is 9.59 Å². The van der Waals surface area contributed by atoms with E-state index in [1.54, 1.807) is 11.8 Å². The van der Waals surface area contributed by atoms with Crippen LogP contribution < -0.4 is 4.74 Å². The van der Waals surface area contributed by atoms with E-state index in [2.05, 4.69) is 6.92 Å². The standard InChI is InChI=1S/C26H43NO6/c1-5-7-8-9-10-11-16-27(26(30)33-20-21(3)4)17-18-32-23-14-12-22(13-15-23)19-24(25(28)29)31-6-2/h12-15,21,24H,5-11,16-20H2,1-4H3,(H,28,29). The summed E-state index contributed by atoms with van der Waals surface area (Å²) in [5.74, 6) is 0.00661. The fraction of sp³-hybridized carbons (Fsp3) is 0.692. The van der Waals surface area contributed by atoms with Gasteiger partial charge < -0.3 is 24.2 Å². The summed E-state index contributed by atoms with van der Waals surface area (Å²) in [5, 5.41) is 9.23. The van der Waals surface area contributed by atoms with Crippen molar-refractivity contribution in [3.63, 3.8) is 0 Å². The Balaban J connectivity index is 2.52. The third kappa shape index (κ3) is 13.1. The zero-order valence-electron chi connectivity index (χ0n) is 20.9. The Morgan fingerprint density at radius 3 is 2.24 bits per heavy atom. The van der Waals surface area contributed by atoms with Crippen molar-refractivity contribution in [3.8, 4) is 5.75 Å². The third-order valence-corrected chi connectivity index (χ3v) is 5.20. The second-order valence-corrected chi connectivity index (χ2v) is 8.70. The normalized spacial score (nSPS) is 11.9. The van der Waals surface area contributed by atoms with Crippen LogP contribution in [-0.2, 0) is 20.7 Å². The maximum Gasteiger partial charge on any atom is 0.409 e. The first-order valence-corrected chi connectivity index (χ1v) is 12.3. The molecule has 1 atom stereocenters. The van der Waals surface area contributed by atoms with E-state index in [1.807, 2.05) is 38.1 Å². The van der Waals surface area contributed by atoms with Gasteiger partial charge in [0, 0.05) is 19.6 Å².